The fraction of sp³-hybridized carbons (Fsp3) is 0. The number of carbonyl (C=O) groups is 1. The van der Waals surface area contributed by atoms with Crippen LogP contribution < -0.4 is 0 Å². The number of hydrogen-bond acceptors (Lipinski definition) is 5. The molecule has 4 rings (SSSR count). The van der Waals surface area contributed by atoms with Crippen LogP contribution in [0.25, 0.3) is 22.7 Å². The van der Waals surface area contributed by atoms with Gasteiger partial charge >= 0.3 is 0 Å². The number of nitrogens with zero attached hydrogens (tertiary/aromatic N) is 2. The van der Waals surface area contributed by atoms with Gasteiger partial charge in [0.15, 0.2) is 11.2 Å². The number of pyridine rings is 1. The second kappa shape index (κ2) is 5.20. The van der Waals surface area contributed by atoms with Crippen molar-refractivity contribution >= 4 is 28.4 Å². The van der Waals surface area contributed by atoms with E-state index in [2.05, 4.69) is 9.97 Å². The number of aromatic nitrogens is 2. The molecule has 0 N–H and O–H groups in total. The van der Waals surface area contributed by atoms with Crippen molar-refractivity contribution in [3.8, 4) is 11.5 Å². The molecule has 0 aliphatic rings. The van der Waals surface area contributed by atoms with Crippen molar-refractivity contribution in [1.82, 2.24) is 9.97 Å². The number of oxazole rings is 1. The molecule has 0 bridgehead atoms. The van der Waals surface area contributed by atoms with Gasteiger partial charge in [-0.25, -0.2) is 4.98 Å². The van der Waals surface area contributed by atoms with Crippen molar-refractivity contribution in [2.24, 2.45) is 0 Å². The van der Waals surface area contributed by atoms with Crippen LogP contribution in [0, 0.1) is 0 Å². The zero-order valence-electron chi connectivity index (χ0n) is 11.4. The molecule has 5 heteroatoms. The van der Waals surface area contributed by atoms with E-state index in [1.165, 1.54) is 11.3 Å². The molecule has 0 atom stereocenters. The molecule has 3 heterocycles. The van der Waals surface area contributed by atoms with Gasteiger partial charge in [-0.2, -0.15) is 4.98 Å². The lowest BCUT2D eigenvalue weighted by atomic mass is 10.1. The van der Waals surface area contributed by atoms with Gasteiger partial charge in [0.1, 0.15) is 0 Å². The summed E-state index contributed by atoms with van der Waals surface area (Å²) in [5, 5.41) is 1.88. The van der Waals surface area contributed by atoms with Gasteiger partial charge in [0.25, 0.3) is 0 Å². The van der Waals surface area contributed by atoms with Crippen molar-refractivity contribution in [1.29, 1.82) is 0 Å². The van der Waals surface area contributed by atoms with Crippen LogP contribution in [0.15, 0.2) is 64.5 Å². The topological polar surface area (TPSA) is 56.0 Å². The highest BCUT2D eigenvalue weighted by Gasteiger charge is 2.19. The van der Waals surface area contributed by atoms with Gasteiger partial charge in [-0.1, -0.05) is 24.3 Å². The van der Waals surface area contributed by atoms with Gasteiger partial charge in [0.05, 0.1) is 10.4 Å². The molecule has 106 valence electrons. The average molecular weight is 306 g/mol. The lowest BCUT2D eigenvalue weighted by Crippen LogP contribution is -1.99. The number of rotatable bonds is 3. The van der Waals surface area contributed by atoms with Crippen LogP contribution in [0.4, 0.5) is 0 Å². The number of thiophene rings is 1. The summed E-state index contributed by atoms with van der Waals surface area (Å²) in [5.41, 5.74) is 2.22. The van der Waals surface area contributed by atoms with Gasteiger partial charge in [-0.05, 0) is 29.6 Å². The number of fused-ring (bicyclic) bond motifs is 1. The fourth-order valence-corrected chi connectivity index (χ4v) is 2.93. The Hall–Kier alpha value is -2.79. The Morgan fingerprint density at radius 2 is 1.91 bits per heavy atom. The van der Waals surface area contributed by atoms with E-state index in [9.17, 15) is 4.79 Å². The van der Waals surface area contributed by atoms with Crippen LogP contribution in [-0.2, 0) is 0 Å². The Morgan fingerprint density at radius 3 is 2.68 bits per heavy atom. The predicted molar refractivity (Wildman–Crippen MR) is 85.0 cm³/mol. The van der Waals surface area contributed by atoms with Crippen molar-refractivity contribution in [3.05, 3.63) is 70.5 Å². The van der Waals surface area contributed by atoms with E-state index in [0.29, 0.717) is 27.6 Å². The minimum atomic E-state index is -0.0711. The molecule has 0 aliphatic heterocycles. The van der Waals surface area contributed by atoms with E-state index in [0.717, 1.165) is 5.56 Å². The summed E-state index contributed by atoms with van der Waals surface area (Å²) in [6.07, 6.45) is 1.58. The molecule has 0 spiro atoms. The first kappa shape index (κ1) is 12.9. The first-order valence-corrected chi connectivity index (χ1v) is 7.60. The quantitative estimate of drug-likeness (QED) is 0.533. The normalized spacial score (nSPS) is 10.9. The van der Waals surface area contributed by atoms with Crippen LogP contribution in [0.5, 0.6) is 0 Å². The Kier molecular flexibility index (Phi) is 3.05. The SMILES string of the molecule is O=C(c1cccs1)c1ccnc2nc(-c3ccccc3)oc12. The van der Waals surface area contributed by atoms with E-state index in [1.54, 1.807) is 18.3 Å². The fourth-order valence-electron chi connectivity index (χ4n) is 2.26. The van der Waals surface area contributed by atoms with Crippen LogP contribution in [0.3, 0.4) is 0 Å². The second-order valence-electron chi connectivity index (χ2n) is 4.70. The lowest BCUT2D eigenvalue weighted by molar-refractivity contribution is 0.104. The molecular weight excluding hydrogens is 296 g/mol. The van der Waals surface area contributed by atoms with Gasteiger partial charge in [-0.15, -0.1) is 11.3 Å². The summed E-state index contributed by atoms with van der Waals surface area (Å²) in [6, 6.07) is 14.9. The molecule has 0 fully saturated rings. The smallest absolute Gasteiger partial charge is 0.228 e. The summed E-state index contributed by atoms with van der Waals surface area (Å²) < 4.78 is 5.81. The maximum Gasteiger partial charge on any atom is 0.228 e. The maximum atomic E-state index is 12.6. The minimum Gasteiger partial charge on any atom is -0.434 e. The third-order valence-corrected chi connectivity index (χ3v) is 4.17. The highest BCUT2D eigenvalue weighted by atomic mass is 32.1. The Bertz CT molecular complexity index is 943. The van der Waals surface area contributed by atoms with Crippen molar-refractivity contribution in [2.45, 2.75) is 0 Å². The van der Waals surface area contributed by atoms with E-state index in [1.807, 2.05) is 41.8 Å². The average Bonchev–Trinajstić information content (AvgIpc) is 3.24. The van der Waals surface area contributed by atoms with E-state index < -0.39 is 0 Å². The molecular formula is C17H10N2O2S. The second-order valence-corrected chi connectivity index (χ2v) is 5.65. The van der Waals surface area contributed by atoms with Gasteiger partial charge in [0.2, 0.25) is 11.7 Å². The molecule has 22 heavy (non-hydrogen) atoms. The maximum absolute atomic E-state index is 12.6. The van der Waals surface area contributed by atoms with Gasteiger partial charge in [-0.3, -0.25) is 4.79 Å². The molecule has 0 aliphatic carbocycles. The highest BCUT2D eigenvalue weighted by molar-refractivity contribution is 7.12. The first-order chi connectivity index (χ1) is 10.8. The largest absolute Gasteiger partial charge is 0.434 e. The zero-order valence-corrected chi connectivity index (χ0v) is 12.2. The van der Waals surface area contributed by atoms with E-state index in [-0.39, 0.29) is 5.78 Å². The van der Waals surface area contributed by atoms with E-state index >= 15 is 0 Å². The molecule has 3 aromatic heterocycles. The van der Waals surface area contributed by atoms with Crippen LogP contribution in [-0.4, -0.2) is 15.8 Å². The Morgan fingerprint density at radius 1 is 1.05 bits per heavy atom. The summed E-state index contributed by atoms with van der Waals surface area (Å²) in [5.74, 6) is 0.396. The third kappa shape index (κ3) is 2.12. The lowest BCUT2D eigenvalue weighted by Gasteiger charge is -1.97. The van der Waals surface area contributed by atoms with Gasteiger partial charge < -0.3 is 4.42 Å². The van der Waals surface area contributed by atoms with Gasteiger partial charge in [0, 0.05) is 11.8 Å². The molecule has 4 nitrogen and oxygen atoms in total. The van der Waals surface area contributed by atoms with Crippen molar-refractivity contribution in [3.63, 3.8) is 0 Å². The standard InChI is InChI=1S/C17H10N2O2S/c20-14(13-7-4-10-22-13)12-8-9-18-16-15(12)21-17(19-16)11-5-2-1-3-6-11/h1-10H. The number of ketones is 1. The molecule has 0 saturated heterocycles. The molecule has 1 aromatic carbocycles. The molecule has 0 saturated carbocycles. The number of carbonyl (C=O) groups excluding carboxylic acids is 1. The van der Waals surface area contributed by atoms with Crippen molar-refractivity contribution < 1.29 is 9.21 Å². The summed E-state index contributed by atoms with van der Waals surface area (Å²) in [4.78, 5) is 21.8. The monoisotopic (exact) mass is 306 g/mol. The predicted octanol–water partition coefficient (Wildman–Crippen LogP) is 4.18. The first-order valence-electron chi connectivity index (χ1n) is 6.72. The summed E-state index contributed by atoms with van der Waals surface area (Å²) in [7, 11) is 0. The molecule has 0 radical (unpaired) electrons. The van der Waals surface area contributed by atoms with E-state index in [4.69, 9.17) is 4.42 Å². The molecule has 0 unspecified atom stereocenters. The van der Waals surface area contributed by atoms with Crippen LogP contribution in [0.2, 0.25) is 0 Å². The zero-order chi connectivity index (χ0) is 14.9. The summed E-state index contributed by atoms with van der Waals surface area (Å²) in [6.45, 7) is 0. The molecule has 4 aromatic rings. The number of benzene rings is 1. The highest BCUT2D eigenvalue weighted by Crippen LogP contribution is 2.27. The minimum absolute atomic E-state index is 0.0711. The Labute approximate surface area is 130 Å². The van der Waals surface area contributed by atoms with Crippen LogP contribution in [0.1, 0.15) is 15.2 Å². The Balaban J connectivity index is 1.87. The van der Waals surface area contributed by atoms with Crippen LogP contribution >= 0.6 is 11.3 Å². The van der Waals surface area contributed by atoms with Crippen molar-refractivity contribution in [2.75, 3.05) is 0 Å². The number of hydrogen-bond donors (Lipinski definition) is 0. The third-order valence-electron chi connectivity index (χ3n) is 3.30. The summed E-state index contributed by atoms with van der Waals surface area (Å²) >= 11 is 1.41. The molecule has 0 amide bonds.